The normalized spacial score (nSPS) is 20.3. The molecule has 0 spiro atoms. The summed E-state index contributed by atoms with van der Waals surface area (Å²) in [5.41, 5.74) is 10.9. The second-order valence-corrected chi connectivity index (χ2v) is 12.3. The maximum atomic E-state index is 13.5. The summed E-state index contributed by atoms with van der Waals surface area (Å²) >= 11 is 0. The van der Waals surface area contributed by atoms with Crippen molar-refractivity contribution in [3.63, 3.8) is 0 Å². The minimum atomic E-state index is -1.30. The quantitative estimate of drug-likeness (QED) is 0.0907. The number of hydrogen-bond acceptors (Lipinski definition) is 9. The van der Waals surface area contributed by atoms with E-state index in [1.54, 1.807) is 6.92 Å². The third kappa shape index (κ3) is 11.0. The topological polar surface area (TPSA) is 263 Å². The van der Waals surface area contributed by atoms with Crippen LogP contribution >= 0.6 is 0 Å². The lowest BCUT2D eigenvalue weighted by Crippen LogP contribution is -2.57. The van der Waals surface area contributed by atoms with Gasteiger partial charge in [0.1, 0.15) is 30.2 Å². The highest BCUT2D eigenvalue weighted by Gasteiger charge is 2.43. The van der Waals surface area contributed by atoms with Gasteiger partial charge in [0.25, 0.3) is 0 Å². The van der Waals surface area contributed by atoms with Gasteiger partial charge in [0.05, 0.1) is 12.6 Å². The van der Waals surface area contributed by atoms with Crippen molar-refractivity contribution in [2.75, 3.05) is 19.6 Å². The van der Waals surface area contributed by atoms with Crippen molar-refractivity contribution in [1.82, 2.24) is 31.1 Å². The summed E-state index contributed by atoms with van der Waals surface area (Å²) in [6, 6.07) is -5.92. The van der Waals surface area contributed by atoms with E-state index in [2.05, 4.69) is 21.3 Å². The van der Waals surface area contributed by atoms with Crippen molar-refractivity contribution < 1.29 is 43.5 Å². The maximum absolute atomic E-state index is 13.5. The van der Waals surface area contributed by atoms with Gasteiger partial charge in [-0.3, -0.25) is 38.4 Å². The first-order valence-electron chi connectivity index (χ1n) is 15.6. The molecule has 258 valence electrons. The van der Waals surface area contributed by atoms with Crippen LogP contribution in [-0.4, -0.2) is 118 Å². The summed E-state index contributed by atoms with van der Waals surface area (Å²) in [5, 5.41) is 18.8. The van der Waals surface area contributed by atoms with Gasteiger partial charge in [-0.2, -0.15) is 0 Å². The molecule has 17 nitrogen and oxygen atoms in total. The van der Waals surface area contributed by atoms with Crippen LogP contribution in [0.5, 0.6) is 0 Å². The fourth-order valence-corrected chi connectivity index (χ4v) is 5.48. The monoisotopic (exact) mass is 652 g/mol. The molecule has 2 saturated heterocycles. The van der Waals surface area contributed by atoms with E-state index in [1.807, 2.05) is 13.8 Å². The van der Waals surface area contributed by atoms with Crippen molar-refractivity contribution in [2.45, 2.75) is 109 Å². The number of carbonyl (C=O) groups is 8. The molecular formula is C29H48N8O9. The van der Waals surface area contributed by atoms with Gasteiger partial charge in [-0.25, -0.2) is 0 Å². The SMILES string of the molecule is CC(C)C[C@H](NC(=O)[C@@H]1CCCN1C(=O)[C@@H]1CCCN1C(=O)[C@H](C)N)C(=O)NCC(=O)N[C@@H](CCC(N)=O)C(=O)N[C@@H](C)C(=O)O. The highest BCUT2D eigenvalue weighted by atomic mass is 16.4. The third-order valence-electron chi connectivity index (χ3n) is 7.87. The molecule has 0 bridgehead atoms. The maximum Gasteiger partial charge on any atom is 0.325 e. The molecule has 2 aliphatic rings. The minimum absolute atomic E-state index is 0.0411. The van der Waals surface area contributed by atoms with Crippen LogP contribution in [0.3, 0.4) is 0 Å². The highest BCUT2D eigenvalue weighted by molar-refractivity contribution is 5.96. The largest absolute Gasteiger partial charge is 0.480 e. The van der Waals surface area contributed by atoms with E-state index in [1.165, 1.54) is 16.7 Å². The summed E-state index contributed by atoms with van der Waals surface area (Å²) in [6.45, 7) is 6.61. The van der Waals surface area contributed by atoms with Crippen LogP contribution in [0.15, 0.2) is 0 Å². The Morgan fingerprint density at radius 2 is 1.43 bits per heavy atom. The Labute approximate surface area is 267 Å². The molecule has 0 aromatic carbocycles. The molecule has 7 amide bonds. The average Bonchev–Trinajstić information content (AvgIpc) is 3.67. The average molecular weight is 653 g/mol. The molecule has 0 saturated carbocycles. The summed E-state index contributed by atoms with van der Waals surface area (Å²) in [6.07, 6.45) is 1.79. The Hall–Kier alpha value is -4.28. The predicted octanol–water partition coefficient (Wildman–Crippen LogP) is -2.70. The van der Waals surface area contributed by atoms with Crippen molar-refractivity contribution in [3.05, 3.63) is 0 Å². The van der Waals surface area contributed by atoms with Crippen LogP contribution < -0.4 is 32.7 Å². The molecule has 0 aliphatic carbocycles. The number of aliphatic carboxylic acids is 1. The number of amides is 7. The summed E-state index contributed by atoms with van der Waals surface area (Å²) in [4.78, 5) is 103. The number of hydrogen-bond donors (Lipinski definition) is 7. The molecule has 0 aromatic rings. The van der Waals surface area contributed by atoms with Gasteiger partial charge in [0.15, 0.2) is 0 Å². The lowest BCUT2D eigenvalue weighted by Gasteiger charge is -2.32. The summed E-state index contributed by atoms with van der Waals surface area (Å²) in [7, 11) is 0. The molecule has 2 rings (SSSR count). The smallest absolute Gasteiger partial charge is 0.325 e. The Morgan fingerprint density at radius 1 is 0.826 bits per heavy atom. The third-order valence-corrected chi connectivity index (χ3v) is 7.87. The second-order valence-electron chi connectivity index (χ2n) is 12.3. The standard InChI is InChI=1S/C29H48N8O9/c1-15(2)13-19(24(40)32-14-23(39)34-18(9-10-22(31)38)25(41)33-17(4)29(45)46)35-26(42)20-7-5-11-36(20)28(44)21-8-6-12-37(21)27(43)16(3)30/h15-21H,5-14,30H2,1-4H3,(H2,31,38)(H,32,40)(H,33,41)(H,34,39)(H,35,42)(H,45,46)/t16-,17-,18-,19-,20-,21-/m0/s1. The molecule has 9 N–H and O–H groups in total. The molecule has 2 aliphatic heterocycles. The first-order chi connectivity index (χ1) is 21.5. The lowest BCUT2D eigenvalue weighted by atomic mass is 10.0. The van der Waals surface area contributed by atoms with Crippen molar-refractivity contribution >= 4 is 47.3 Å². The van der Waals surface area contributed by atoms with Crippen LogP contribution in [0, 0.1) is 5.92 Å². The van der Waals surface area contributed by atoms with Crippen LogP contribution in [0.2, 0.25) is 0 Å². The fraction of sp³-hybridized carbons (Fsp3) is 0.724. The predicted molar refractivity (Wildman–Crippen MR) is 163 cm³/mol. The van der Waals surface area contributed by atoms with Gasteiger partial charge in [-0.05, 0) is 58.3 Å². The zero-order valence-electron chi connectivity index (χ0n) is 26.9. The van der Waals surface area contributed by atoms with Crippen molar-refractivity contribution in [1.29, 1.82) is 0 Å². The first kappa shape index (κ1) is 37.9. The van der Waals surface area contributed by atoms with Gasteiger partial charge in [-0.15, -0.1) is 0 Å². The molecule has 2 fully saturated rings. The number of likely N-dealkylation sites (tertiary alicyclic amines) is 2. The molecule has 0 radical (unpaired) electrons. The van der Waals surface area contributed by atoms with Gasteiger partial charge in [0, 0.05) is 19.5 Å². The first-order valence-corrected chi connectivity index (χ1v) is 15.6. The molecule has 2 heterocycles. The lowest BCUT2D eigenvalue weighted by molar-refractivity contribution is -0.147. The molecular weight excluding hydrogens is 604 g/mol. The Bertz CT molecular complexity index is 1180. The fourth-order valence-electron chi connectivity index (χ4n) is 5.48. The molecule has 6 atom stereocenters. The van der Waals surface area contributed by atoms with E-state index in [0.717, 1.165) is 0 Å². The van der Waals surface area contributed by atoms with Gasteiger partial charge >= 0.3 is 5.97 Å². The van der Waals surface area contributed by atoms with E-state index in [-0.39, 0.29) is 37.0 Å². The Balaban J connectivity index is 2.05. The Kier molecular flexibility index (Phi) is 14.4. The van der Waals surface area contributed by atoms with Crippen molar-refractivity contribution in [3.8, 4) is 0 Å². The zero-order valence-corrected chi connectivity index (χ0v) is 26.9. The van der Waals surface area contributed by atoms with E-state index in [0.29, 0.717) is 38.8 Å². The number of nitrogens with one attached hydrogen (secondary N) is 4. The van der Waals surface area contributed by atoms with Crippen LogP contribution in [0.4, 0.5) is 0 Å². The van der Waals surface area contributed by atoms with Crippen LogP contribution in [-0.2, 0) is 38.4 Å². The minimum Gasteiger partial charge on any atom is -0.480 e. The molecule has 0 unspecified atom stereocenters. The van der Waals surface area contributed by atoms with E-state index < -0.39 is 78.3 Å². The number of nitrogens with two attached hydrogens (primary N) is 2. The van der Waals surface area contributed by atoms with E-state index >= 15 is 0 Å². The Morgan fingerprint density at radius 3 is 2.00 bits per heavy atom. The molecule has 17 heteroatoms. The summed E-state index contributed by atoms with van der Waals surface area (Å²) in [5.74, 6) is -5.60. The zero-order chi connectivity index (χ0) is 34.7. The van der Waals surface area contributed by atoms with Gasteiger partial charge in [-0.1, -0.05) is 13.8 Å². The van der Waals surface area contributed by atoms with E-state index in [9.17, 15) is 38.4 Å². The number of rotatable bonds is 16. The van der Waals surface area contributed by atoms with Crippen LogP contribution in [0.25, 0.3) is 0 Å². The molecule has 0 aromatic heterocycles. The number of carboxylic acid groups (broad SMARTS) is 1. The van der Waals surface area contributed by atoms with E-state index in [4.69, 9.17) is 16.6 Å². The highest BCUT2D eigenvalue weighted by Crippen LogP contribution is 2.25. The summed E-state index contributed by atoms with van der Waals surface area (Å²) < 4.78 is 0. The number of primary amides is 1. The van der Waals surface area contributed by atoms with Gasteiger partial charge in [0.2, 0.25) is 41.4 Å². The van der Waals surface area contributed by atoms with Crippen molar-refractivity contribution in [2.24, 2.45) is 17.4 Å². The number of carboxylic acids is 1. The number of nitrogens with zero attached hydrogens (tertiary/aromatic N) is 2. The number of carbonyl (C=O) groups excluding carboxylic acids is 7. The second kappa shape index (κ2) is 17.4. The molecule has 46 heavy (non-hydrogen) atoms. The van der Waals surface area contributed by atoms with Gasteiger partial charge < -0.3 is 47.6 Å². The van der Waals surface area contributed by atoms with Crippen LogP contribution in [0.1, 0.15) is 72.6 Å².